The molecule has 1 saturated heterocycles. The molecule has 1 amide bonds. The van der Waals surface area contributed by atoms with Crippen molar-refractivity contribution in [3.63, 3.8) is 0 Å². The first-order valence-corrected chi connectivity index (χ1v) is 9.93. The van der Waals surface area contributed by atoms with E-state index in [0.29, 0.717) is 5.56 Å². The van der Waals surface area contributed by atoms with Gasteiger partial charge in [0.15, 0.2) is 0 Å². The van der Waals surface area contributed by atoms with Crippen molar-refractivity contribution in [1.29, 1.82) is 0 Å². The number of benzene rings is 2. The van der Waals surface area contributed by atoms with Gasteiger partial charge in [-0.2, -0.15) is 0 Å². The van der Waals surface area contributed by atoms with Crippen LogP contribution in [0.25, 0.3) is 0 Å². The Balaban J connectivity index is 1.63. The smallest absolute Gasteiger partial charge is 0.256 e. The van der Waals surface area contributed by atoms with E-state index in [-0.39, 0.29) is 5.91 Å². The minimum absolute atomic E-state index is 0.0705. The summed E-state index contributed by atoms with van der Waals surface area (Å²) in [5, 5.41) is 2.98. The molecule has 24 heavy (non-hydrogen) atoms. The predicted octanol–water partition coefficient (Wildman–Crippen LogP) is 3.98. The fourth-order valence-corrected chi connectivity index (χ4v) is 3.65. The molecule has 0 bridgehead atoms. The van der Waals surface area contributed by atoms with Gasteiger partial charge in [-0.05, 0) is 81.1 Å². The van der Waals surface area contributed by atoms with Crippen LogP contribution in [-0.2, 0) is 11.3 Å². The van der Waals surface area contributed by atoms with Crippen molar-refractivity contribution in [3.05, 3.63) is 60.7 Å². The summed E-state index contributed by atoms with van der Waals surface area (Å²) in [6.07, 6.45) is 0. The molecule has 3 rings (SSSR count). The molecular weight excluding hydrogens is 530 g/mol. The van der Waals surface area contributed by atoms with Crippen LogP contribution in [0.5, 0.6) is 0 Å². The molecule has 1 aliphatic heterocycles. The standard InChI is InChI=1S/C18H18I2N2O2/c19-14-3-6-17(20)16(11-14)18(23)21-15-4-1-13(2-5-15)12-22-7-9-24-10-8-22/h1-6,11H,7-10,12H2,(H,21,23). The molecule has 0 aliphatic carbocycles. The Labute approximate surface area is 169 Å². The van der Waals surface area contributed by atoms with Crippen molar-refractivity contribution in [2.45, 2.75) is 6.54 Å². The van der Waals surface area contributed by atoms with Gasteiger partial charge in [0.05, 0.1) is 18.8 Å². The van der Waals surface area contributed by atoms with E-state index in [4.69, 9.17) is 4.74 Å². The van der Waals surface area contributed by atoms with E-state index in [2.05, 4.69) is 67.5 Å². The summed E-state index contributed by atoms with van der Waals surface area (Å²) in [6.45, 7) is 4.49. The lowest BCUT2D eigenvalue weighted by atomic mass is 10.1. The van der Waals surface area contributed by atoms with Crippen LogP contribution in [0.2, 0.25) is 0 Å². The highest BCUT2D eigenvalue weighted by atomic mass is 127. The highest BCUT2D eigenvalue weighted by Gasteiger charge is 2.12. The summed E-state index contributed by atoms with van der Waals surface area (Å²) in [4.78, 5) is 14.8. The van der Waals surface area contributed by atoms with Crippen molar-refractivity contribution >= 4 is 56.8 Å². The van der Waals surface area contributed by atoms with E-state index in [0.717, 1.165) is 45.7 Å². The van der Waals surface area contributed by atoms with Crippen LogP contribution in [0.4, 0.5) is 5.69 Å². The number of nitrogens with zero attached hydrogens (tertiary/aromatic N) is 1. The Morgan fingerprint density at radius 2 is 1.79 bits per heavy atom. The zero-order valence-corrected chi connectivity index (χ0v) is 17.4. The number of halogens is 2. The van der Waals surface area contributed by atoms with E-state index in [9.17, 15) is 4.79 Å². The zero-order valence-electron chi connectivity index (χ0n) is 13.1. The fourth-order valence-electron chi connectivity index (χ4n) is 2.58. The van der Waals surface area contributed by atoms with Gasteiger partial charge in [-0.1, -0.05) is 12.1 Å². The average molecular weight is 548 g/mol. The fraction of sp³-hybridized carbons (Fsp3) is 0.278. The average Bonchev–Trinajstić information content (AvgIpc) is 2.59. The minimum atomic E-state index is -0.0705. The Morgan fingerprint density at radius 3 is 2.50 bits per heavy atom. The van der Waals surface area contributed by atoms with Crippen LogP contribution < -0.4 is 5.32 Å². The third-order valence-corrected chi connectivity index (χ3v) is 5.51. The Morgan fingerprint density at radius 1 is 1.08 bits per heavy atom. The first-order chi connectivity index (χ1) is 11.6. The highest BCUT2D eigenvalue weighted by Crippen LogP contribution is 2.18. The third kappa shape index (κ3) is 4.90. The number of rotatable bonds is 4. The van der Waals surface area contributed by atoms with Crippen molar-refractivity contribution in [2.75, 3.05) is 31.6 Å². The van der Waals surface area contributed by atoms with E-state index >= 15 is 0 Å². The van der Waals surface area contributed by atoms with Gasteiger partial charge in [0.2, 0.25) is 0 Å². The summed E-state index contributed by atoms with van der Waals surface area (Å²) in [6, 6.07) is 13.9. The lowest BCUT2D eigenvalue weighted by Crippen LogP contribution is -2.35. The summed E-state index contributed by atoms with van der Waals surface area (Å²) < 4.78 is 7.38. The van der Waals surface area contributed by atoms with Gasteiger partial charge in [-0.3, -0.25) is 9.69 Å². The molecular formula is C18H18I2N2O2. The Bertz CT molecular complexity index is 713. The summed E-state index contributed by atoms with van der Waals surface area (Å²) in [7, 11) is 0. The second-order valence-corrected chi connectivity index (χ2v) is 8.07. The molecule has 1 N–H and O–H groups in total. The topological polar surface area (TPSA) is 41.6 Å². The Hall–Kier alpha value is -0.710. The largest absolute Gasteiger partial charge is 0.379 e. The molecule has 4 nitrogen and oxygen atoms in total. The van der Waals surface area contributed by atoms with Crippen LogP contribution >= 0.6 is 45.2 Å². The number of amides is 1. The third-order valence-electron chi connectivity index (χ3n) is 3.89. The van der Waals surface area contributed by atoms with Gasteiger partial charge in [-0.15, -0.1) is 0 Å². The van der Waals surface area contributed by atoms with Crippen LogP contribution in [0.3, 0.4) is 0 Å². The minimum Gasteiger partial charge on any atom is -0.379 e. The van der Waals surface area contributed by atoms with Crippen molar-refractivity contribution in [3.8, 4) is 0 Å². The second kappa shape index (κ2) is 8.59. The van der Waals surface area contributed by atoms with Gasteiger partial charge in [0.25, 0.3) is 5.91 Å². The number of anilines is 1. The molecule has 2 aromatic rings. The molecule has 0 spiro atoms. The summed E-state index contributed by atoms with van der Waals surface area (Å²) in [5.41, 5.74) is 2.78. The summed E-state index contributed by atoms with van der Waals surface area (Å²) >= 11 is 4.41. The normalized spacial score (nSPS) is 15.2. The molecule has 126 valence electrons. The monoisotopic (exact) mass is 548 g/mol. The van der Waals surface area contributed by atoms with Gasteiger partial charge in [-0.25, -0.2) is 0 Å². The molecule has 0 aromatic heterocycles. The molecule has 0 radical (unpaired) electrons. The van der Waals surface area contributed by atoms with E-state index in [1.54, 1.807) is 0 Å². The highest BCUT2D eigenvalue weighted by molar-refractivity contribution is 14.1. The lowest BCUT2D eigenvalue weighted by molar-refractivity contribution is 0.0342. The molecule has 6 heteroatoms. The maximum atomic E-state index is 12.4. The van der Waals surface area contributed by atoms with Crippen molar-refractivity contribution < 1.29 is 9.53 Å². The molecule has 0 saturated carbocycles. The number of carbonyl (C=O) groups excluding carboxylic acids is 1. The number of nitrogens with one attached hydrogen (secondary N) is 1. The van der Waals surface area contributed by atoms with Gasteiger partial charge in [0, 0.05) is 32.5 Å². The Kier molecular flexibility index (Phi) is 6.48. The SMILES string of the molecule is O=C(Nc1ccc(CN2CCOCC2)cc1)c1cc(I)ccc1I. The van der Waals surface area contributed by atoms with E-state index < -0.39 is 0 Å². The van der Waals surface area contributed by atoms with Gasteiger partial charge < -0.3 is 10.1 Å². The van der Waals surface area contributed by atoms with E-state index in [1.165, 1.54) is 5.56 Å². The first kappa shape index (κ1) is 18.1. The van der Waals surface area contributed by atoms with Gasteiger partial charge in [0.1, 0.15) is 0 Å². The molecule has 1 fully saturated rings. The number of hydrogen-bond donors (Lipinski definition) is 1. The molecule has 1 heterocycles. The molecule has 2 aromatic carbocycles. The van der Waals surface area contributed by atoms with Gasteiger partial charge >= 0.3 is 0 Å². The number of ether oxygens (including phenoxy) is 1. The number of hydrogen-bond acceptors (Lipinski definition) is 3. The summed E-state index contributed by atoms with van der Waals surface area (Å²) in [5.74, 6) is -0.0705. The van der Waals surface area contributed by atoms with Crippen LogP contribution in [0.15, 0.2) is 42.5 Å². The lowest BCUT2D eigenvalue weighted by Gasteiger charge is -2.26. The maximum absolute atomic E-state index is 12.4. The molecule has 1 aliphatic rings. The van der Waals surface area contributed by atoms with Crippen molar-refractivity contribution in [2.24, 2.45) is 0 Å². The van der Waals surface area contributed by atoms with E-state index in [1.807, 2.05) is 30.3 Å². The number of carbonyl (C=O) groups is 1. The number of morpholine rings is 1. The van der Waals surface area contributed by atoms with Crippen LogP contribution in [-0.4, -0.2) is 37.1 Å². The molecule has 0 atom stereocenters. The maximum Gasteiger partial charge on any atom is 0.256 e. The first-order valence-electron chi connectivity index (χ1n) is 7.77. The molecule has 0 unspecified atom stereocenters. The van der Waals surface area contributed by atoms with Crippen LogP contribution in [0, 0.1) is 7.14 Å². The quantitative estimate of drug-likeness (QED) is 0.589. The van der Waals surface area contributed by atoms with Crippen LogP contribution in [0.1, 0.15) is 15.9 Å². The second-order valence-electron chi connectivity index (χ2n) is 5.66. The zero-order chi connectivity index (χ0) is 16.9. The predicted molar refractivity (Wildman–Crippen MR) is 112 cm³/mol. The van der Waals surface area contributed by atoms with Crippen molar-refractivity contribution in [1.82, 2.24) is 4.90 Å².